The Bertz CT molecular complexity index is 1630. The molecule has 3 aliphatic rings. The molecule has 4 heterocycles. The molecule has 0 unspecified atom stereocenters. The van der Waals surface area contributed by atoms with E-state index in [0.29, 0.717) is 53.1 Å². The molecule has 2 fully saturated rings. The van der Waals surface area contributed by atoms with Crippen molar-refractivity contribution in [1.82, 2.24) is 19.8 Å². The Labute approximate surface area is 246 Å². The fourth-order valence-corrected chi connectivity index (χ4v) is 6.50. The lowest BCUT2D eigenvalue weighted by Crippen LogP contribution is -2.59. The van der Waals surface area contributed by atoms with Crippen LogP contribution in [-0.4, -0.2) is 90.0 Å². The van der Waals surface area contributed by atoms with Crippen LogP contribution in [0.15, 0.2) is 30.9 Å². The zero-order valence-electron chi connectivity index (χ0n) is 25.2. The van der Waals surface area contributed by atoms with E-state index in [1.165, 1.54) is 6.08 Å². The summed E-state index contributed by atoms with van der Waals surface area (Å²) in [4.78, 5) is 43.0. The topological polar surface area (TPSA) is 84.9 Å². The van der Waals surface area contributed by atoms with Crippen molar-refractivity contribution in [1.29, 1.82) is 0 Å². The summed E-state index contributed by atoms with van der Waals surface area (Å²) in [6.45, 7) is 14.1. The van der Waals surface area contributed by atoms with E-state index in [2.05, 4.69) is 47.6 Å². The number of aryl methyl sites for hydroxylation is 2. The molecule has 3 aliphatic heterocycles. The van der Waals surface area contributed by atoms with Crippen molar-refractivity contribution in [2.75, 3.05) is 55.4 Å². The highest BCUT2D eigenvalue weighted by molar-refractivity contribution is 6.06. The molecule has 10 heteroatoms. The summed E-state index contributed by atoms with van der Waals surface area (Å²) in [5.41, 5.74) is 4.59. The number of rotatable bonds is 5. The van der Waals surface area contributed by atoms with E-state index < -0.39 is 5.82 Å². The number of nitrogens with one attached hydrogen (secondary N) is 1. The molecule has 9 nitrogen and oxygen atoms in total. The highest BCUT2D eigenvalue weighted by atomic mass is 19.1. The summed E-state index contributed by atoms with van der Waals surface area (Å²) in [6.07, 6.45) is 1.64. The van der Waals surface area contributed by atoms with Crippen molar-refractivity contribution in [2.45, 2.75) is 52.2 Å². The molecule has 0 aliphatic carbocycles. The zero-order chi connectivity index (χ0) is 30.0. The van der Waals surface area contributed by atoms with Gasteiger partial charge in [0.15, 0.2) is 5.82 Å². The SMILES string of the molecule is C=CC(=O)N1C[C@H](C)N(c2nc(N3CC(N(C)C)C3)nc3c(F)c(-c4c(C)ccc5c4NC(=O)C5)c(C)cc23)C[C@H]1C. The quantitative estimate of drug-likeness (QED) is 0.465. The number of hydrogen-bond acceptors (Lipinski definition) is 7. The summed E-state index contributed by atoms with van der Waals surface area (Å²) >= 11 is 0. The first-order valence-corrected chi connectivity index (χ1v) is 14.5. The number of aromatic nitrogens is 2. The number of halogens is 1. The Morgan fingerprint density at radius 2 is 1.81 bits per heavy atom. The normalized spacial score (nSPS) is 20.7. The lowest BCUT2D eigenvalue weighted by Gasteiger charge is -2.45. The first-order valence-electron chi connectivity index (χ1n) is 14.5. The van der Waals surface area contributed by atoms with Gasteiger partial charge in [0.25, 0.3) is 0 Å². The van der Waals surface area contributed by atoms with Crippen LogP contribution in [0.3, 0.4) is 0 Å². The largest absolute Gasteiger partial charge is 0.349 e. The van der Waals surface area contributed by atoms with E-state index in [4.69, 9.17) is 9.97 Å². The monoisotopic (exact) mass is 571 g/mol. The van der Waals surface area contributed by atoms with Gasteiger partial charge in [-0.25, -0.2) is 9.37 Å². The van der Waals surface area contributed by atoms with E-state index in [1.807, 2.05) is 43.9 Å². The predicted octanol–water partition coefficient (Wildman–Crippen LogP) is 3.91. The van der Waals surface area contributed by atoms with Crippen LogP contribution in [0.25, 0.3) is 22.0 Å². The van der Waals surface area contributed by atoms with Crippen molar-refractivity contribution in [3.8, 4) is 11.1 Å². The van der Waals surface area contributed by atoms with Crippen molar-refractivity contribution >= 4 is 40.2 Å². The smallest absolute Gasteiger partial charge is 0.246 e. The van der Waals surface area contributed by atoms with Crippen LogP contribution in [-0.2, 0) is 16.0 Å². The Morgan fingerprint density at radius 1 is 1.07 bits per heavy atom. The van der Waals surface area contributed by atoms with Crippen LogP contribution in [0.5, 0.6) is 0 Å². The Morgan fingerprint density at radius 3 is 2.50 bits per heavy atom. The molecule has 3 aromatic rings. The minimum absolute atomic E-state index is 0.0557. The molecule has 0 saturated carbocycles. The van der Waals surface area contributed by atoms with Crippen LogP contribution < -0.4 is 15.1 Å². The molecule has 2 atom stereocenters. The molecule has 6 rings (SSSR count). The fourth-order valence-electron chi connectivity index (χ4n) is 6.50. The maximum Gasteiger partial charge on any atom is 0.246 e. The highest BCUT2D eigenvalue weighted by Gasteiger charge is 2.36. The summed E-state index contributed by atoms with van der Waals surface area (Å²) in [5, 5.41) is 3.60. The van der Waals surface area contributed by atoms with Gasteiger partial charge in [-0.15, -0.1) is 0 Å². The average molecular weight is 572 g/mol. The van der Waals surface area contributed by atoms with E-state index in [1.54, 1.807) is 0 Å². The van der Waals surface area contributed by atoms with Gasteiger partial charge in [0.2, 0.25) is 17.8 Å². The van der Waals surface area contributed by atoms with Gasteiger partial charge in [0.05, 0.1) is 12.1 Å². The number of carbonyl (C=O) groups is 2. The van der Waals surface area contributed by atoms with Gasteiger partial charge in [-0.1, -0.05) is 18.7 Å². The standard InChI is InChI=1S/C32H38FN7O2/c1-8-25(42)39-13-20(5)40(14-19(39)4)31-23-11-18(3)26(27-17(2)9-10-21-12-24(41)34-29(21)27)28(33)30(23)35-32(36-31)38-15-22(16-38)37(6)7/h8-11,19-20,22H,1,12-16H2,2-7H3,(H,34,41)/t19-,20+/m1/s1. The third-order valence-electron chi connectivity index (χ3n) is 9.05. The molecule has 2 saturated heterocycles. The van der Waals surface area contributed by atoms with Gasteiger partial charge in [-0.2, -0.15) is 4.98 Å². The third-order valence-corrected chi connectivity index (χ3v) is 9.05. The van der Waals surface area contributed by atoms with Gasteiger partial charge < -0.3 is 24.9 Å². The van der Waals surface area contributed by atoms with E-state index in [-0.39, 0.29) is 35.8 Å². The first kappa shape index (κ1) is 28.1. The van der Waals surface area contributed by atoms with Crippen LogP contribution in [0, 0.1) is 19.7 Å². The molecule has 0 spiro atoms. The average Bonchev–Trinajstić information content (AvgIpc) is 3.29. The van der Waals surface area contributed by atoms with Crippen molar-refractivity contribution in [2.24, 2.45) is 0 Å². The summed E-state index contributed by atoms with van der Waals surface area (Å²) in [6, 6.07) is 6.09. The molecule has 42 heavy (non-hydrogen) atoms. The van der Waals surface area contributed by atoms with Crippen molar-refractivity contribution in [3.63, 3.8) is 0 Å². The van der Waals surface area contributed by atoms with Crippen LogP contribution >= 0.6 is 0 Å². The number of fused-ring (bicyclic) bond motifs is 2. The number of likely N-dealkylation sites (N-methyl/N-ethyl adjacent to an activating group) is 1. The van der Waals surface area contributed by atoms with Crippen LogP contribution in [0.2, 0.25) is 0 Å². The maximum atomic E-state index is 17.0. The minimum Gasteiger partial charge on any atom is -0.349 e. The second kappa shape index (κ2) is 10.3. The minimum atomic E-state index is -0.418. The van der Waals surface area contributed by atoms with Crippen molar-refractivity contribution in [3.05, 3.63) is 53.4 Å². The molecule has 220 valence electrons. The Balaban J connectivity index is 1.53. The second-order valence-corrected chi connectivity index (χ2v) is 12.2. The molecule has 2 amide bonds. The number of hydrogen-bond donors (Lipinski definition) is 1. The van der Waals surface area contributed by atoms with E-state index >= 15 is 4.39 Å². The number of anilines is 3. The number of carbonyl (C=O) groups excluding carboxylic acids is 2. The van der Waals surface area contributed by atoms with Gasteiger partial charge in [-0.3, -0.25) is 9.59 Å². The van der Waals surface area contributed by atoms with Crippen LogP contribution in [0.1, 0.15) is 30.5 Å². The Kier molecular flexibility index (Phi) is 6.92. The fraction of sp³-hybridized carbons (Fsp3) is 0.438. The lowest BCUT2D eigenvalue weighted by molar-refractivity contribution is -0.128. The van der Waals surface area contributed by atoms with E-state index in [9.17, 15) is 9.59 Å². The van der Waals surface area contributed by atoms with Gasteiger partial charge >= 0.3 is 0 Å². The third kappa shape index (κ3) is 4.48. The summed E-state index contributed by atoms with van der Waals surface area (Å²) < 4.78 is 17.0. The molecule has 2 aromatic carbocycles. The molecule has 1 N–H and O–H groups in total. The summed E-state index contributed by atoms with van der Waals surface area (Å²) in [7, 11) is 4.10. The molecule has 0 bridgehead atoms. The number of nitrogens with zero attached hydrogens (tertiary/aromatic N) is 6. The molecular formula is C32H38FN7O2. The number of piperazine rings is 1. The molecular weight excluding hydrogens is 533 g/mol. The highest BCUT2D eigenvalue weighted by Crippen LogP contribution is 2.43. The first-order chi connectivity index (χ1) is 20.0. The van der Waals surface area contributed by atoms with Crippen LogP contribution in [0.4, 0.5) is 21.8 Å². The number of amides is 2. The lowest BCUT2D eigenvalue weighted by atomic mass is 9.91. The summed E-state index contributed by atoms with van der Waals surface area (Å²) in [5.74, 6) is 0.565. The zero-order valence-corrected chi connectivity index (χ0v) is 25.2. The predicted molar refractivity (Wildman–Crippen MR) is 165 cm³/mol. The van der Waals surface area contributed by atoms with Gasteiger partial charge in [-0.05, 0) is 70.6 Å². The van der Waals surface area contributed by atoms with Gasteiger partial charge in [0.1, 0.15) is 11.3 Å². The van der Waals surface area contributed by atoms with Crippen molar-refractivity contribution < 1.29 is 14.0 Å². The second-order valence-electron chi connectivity index (χ2n) is 12.2. The maximum absolute atomic E-state index is 17.0. The Hall–Kier alpha value is -4.05. The van der Waals surface area contributed by atoms with E-state index in [0.717, 1.165) is 29.8 Å². The van der Waals surface area contributed by atoms with Gasteiger partial charge in [0, 0.05) is 60.8 Å². The molecule has 1 aromatic heterocycles. The number of benzene rings is 2. The molecule has 0 radical (unpaired) electrons.